The van der Waals surface area contributed by atoms with Gasteiger partial charge in [0.2, 0.25) is 11.7 Å². The molecule has 0 aliphatic heterocycles. The largest absolute Gasteiger partial charge is 0.481 e. The molecule has 6 nitrogen and oxygen atoms in total. The molecule has 0 bridgehead atoms. The fraction of sp³-hybridized carbons (Fsp3) is 0.381. The number of benzene rings is 1. The van der Waals surface area contributed by atoms with Crippen LogP contribution in [0.5, 0.6) is 5.75 Å². The van der Waals surface area contributed by atoms with Gasteiger partial charge >= 0.3 is 0 Å². The normalized spacial score (nSPS) is 12.6. The molecule has 0 aliphatic carbocycles. The van der Waals surface area contributed by atoms with Gasteiger partial charge in [0, 0.05) is 0 Å². The lowest BCUT2D eigenvalue weighted by Crippen LogP contribution is -2.37. The molecule has 7 heteroatoms. The molecule has 1 amide bonds. The highest BCUT2D eigenvalue weighted by Gasteiger charge is 2.20. The van der Waals surface area contributed by atoms with E-state index in [1.54, 1.807) is 0 Å². The van der Waals surface area contributed by atoms with E-state index >= 15 is 0 Å². The second-order valence-corrected chi connectivity index (χ2v) is 8.44. The van der Waals surface area contributed by atoms with Crippen LogP contribution in [0.3, 0.4) is 0 Å². The second kappa shape index (κ2) is 8.56. The molecule has 1 N–H and O–H groups in total. The van der Waals surface area contributed by atoms with Gasteiger partial charge in [-0.05, 0) is 41.0 Å². The average Bonchev–Trinajstić information content (AvgIpc) is 3.35. The smallest absolute Gasteiger partial charge is 0.261 e. The minimum Gasteiger partial charge on any atom is -0.481 e. The molecule has 28 heavy (non-hydrogen) atoms. The third-order valence-corrected chi connectivity index (χ3v) is 5.15. The van der Waals surface area contributed by atoms with E-state index in [0.717, 1.165) is 4.88 Å². The summed E-state index contributed by atoms with van der Waals surface area (Å²) in [5.41, 5.74) is 1.29. The van der Waals surface area contributed by atoms with Crippen LogP contribution in [0.15, 0.2) is 46.3 Å². The number of carbonyl (C=O) groups is 1. The first kappa shape index (κ1) is 20.1. The Morgan fingerprint density at radius 2 is 2.00 bits per heavy atom. The van der Waals surface area contributed by atoms with Crippen molar-refractivity contribution in [1.82, 2.24) is 15.5 Å². The zero-order valence-electron chi connectivity index (χ0n) is 16.6. The van der Waals surface area contributed by atoms with Crippen molar-refractivity contribution in [2.75, 3.05) is 0 Å². The summed E-state index contributed by atoms with van der Waals surface area (Å²) >= 11 is 1.53. The molecule has 2 aromatic heterocycles. The fourth-order valence-corrected chi connectivity index (χ4v) is 3.28. The van der Waals surface area contributed by atoms with Gasteiger partial charge in [0.05, 0.1) is 11.4 Å². The van der Waals surface area contributed by atoms with Crippen LogP contribution in [0.4, 0.5) is 0 Å². The van der Waals surface area contributed by atoms with Gasteiger partial charge in [0.25, 0.3) is 5.91 Å². The van der Waals surface area contributed by atoms with Crippen molar-refractivity contribution in [2.45, 2.75) is 52.2 Å². The molecule has 0 unspecified atom stereocenters. The van der Waals surface area contributed by atoms with Gasteiger partial charge in [-0.2, -0.15) is 4.98 Å². The topological polar surface area (TPSA) is 77.2 Å². The summed E-state index contributed by atoms with van der Waals surface area (Å²) < 4.78 is 11.1. The van der Waals surface area contributed by atoms with E-state index in [1.165, 1.54) is 16.9 Å². The van der Waals surface area contributed by atoms with Crippen LogP contribution in [0.2, 0.25) is 0 Å². The average molecular weight is 400 g/mol. The fourth-order valence-electron chi connectivity index (χ4n) is 2.63. The first-order valence-electron chi connectivity index (χ1n) is 9.28. The van der Waals surface area contributed by atoms with Gasteiger partial charge in [-0.3, -0.25) is 4.79 Å². The molecule has 0 spiro atoms. The molecular formula is C21H25N3O3S. The Kier molecular flexibility index (Phi) is 6.14. The second-order valence-electron chi connectivity index (χ2n) is 7.50. The lowest BCUT2D eigenvalue weighted by atomic mass is 9.87. The van der Waals surface area contributed by atoms with Gasteiger partial charge in [0.15, 0.2) is 6.10 Å². The van der Waals surface area contributed by atoms with Gasteiger partial charge < -0.3 is 14.6 Å². The van der Waals surface area contributed by atoms with Crippen molar-refractivity contribution in [2.24, 2.45) is 0 Å². The van der Waals surface area contributed by atoms with Gasteiger partial charge in [-0.15, -0.1) is 11.3 Å². The Labute approximate surface area is 168 Å². The molecule has 0 radical (unpaired) electrons. The molecule has 148 valence electrons. The Morgan fingerprint density at radius 3 is 2.61 bits per heavy atom. The molecule has 1 atom stereocenters. The van der Waals surface area contributed by atoms with E-state index in [2.05, 4.69) is 36.2 Å². The predicted octanol–water partition coefficient (Wildman–Crippen LogP) is 4.57. The number of hydrogen-bond donors (Lipinski definition) is 1. The molecule has 3 rings (SSSR count). The molecule has 0 saturated heterocycles. The maximum atomic E-state index is 12.5. The highest BCUT2D eigenvalue weighted by Crippen LogP contribution is 2.25. The zero-order valence-corrected chi connectivity index (χ0v) is 17.4. The van der Waals surface area contributed by atoms with Crippen molar-refractivity contribution in [3.63, 3.8) is 0 Å². The maximum absolute atomic E-state index is 12.5. The molecule has 2 heterocycles. The number of hydrogen-bond acceptors (Lipinski definition) is 6. The first-order chi connectivity index (χ1) is 13.4. The molecule has 1 aromatic carbocycles. The van der Waals surface area contributed by atoms with Crippen LogP contribution in [-0.2, 0) is 16.8 Å². The number of thiophene rings is 1. The molecule has 3 aromatic rings. The van der Waals surface area contributed by atoms with Crippen LogP contribution in [-0.4, -0.2) is 22.2 Å². The number of rotatable bonds is 7. The summed E-state index contributed by atoms with van der Waals surface area (Å²) in [5.74, 6) is 1.36. The lowest BCUT2D eigenvalue weighted by Gasteiger charge is -2.20. The number of nitrogens with one attached hydrogen (secondary N) is 1. The van der Waals surface area contributed by atoms with Gasteiger partial charge in [0.1, 0.15) is 5.75 Å². The maximum Gasteiger partial charge on any atom is 0.261 e. The lowest BCUT2D eigenvalue weighted by molar-refractivity contribution is -0.128. The van der Waals surface area contributed by atoms with Crippen molar-refractivity contribution in [3.05, 3.63) is 53.2 Å². The third kappa shape index (κ3) is 4.98. The quantitative estimate of drug-likeness (QED) is 0.630. The number of nitrogens with zero attached hydrogens (tertiary/aromatic N) is 2. The minimum absolute atomic E-state index is 0.0755. The molecular weight excluding hydrogens is 374 g/mol. The number of amides is 1. The number of carbonyl (C=O) groups excluding carboxylic acids is 1. The Morgan fingerprint density at radius 1 is 1.25 bits per heavy atom. The highest BCUT2D eigenvalue weighted by atomic mass is 32.1. The van der Waals surface area contributed by atoms with Crippen molar-refractivity contribution in [3.8, 4) is 16.5 Å². The van der Waals surface area contributed by atoms with Crippen molar-refractivity contribution >= 4 is 17.2 Å². The third-order valence-electron chi connectivity index (χ3n) is 4.29. The summed E-state index contributed by atoms with van der Waals surface area (Å²) in [7, 11) is 0. The van der Waals surface area contributed by atoms with Crippen LogP contribution in [0.1, 0.15) is 45.6 Å². The standard InChI is InChI=1S/C21H25N3O3S/c1-5-16(26-15-10-8-14(9-11-15)21(2,3)4)20(25)22-13-18-23-19(24-27-18)17-7-6-12-28-17/h6-12,16H,5,13H2,1-4H3,(H,22,25)/t16-/m0/s1. The zero-order chi connectivity index (χ0) is 20.1. The molecule has 0 fully saturated rings. The first-order valence-corrected chi connectivity index (χ1v) is 10.2. The van der Waals surface area contributed by atoms with Crippen LogP contribution in [0, 0.1) is 0 Å². The summed E-state index contributed by atoms with van der Waals surface area (Å²) in [5, 5.41) is 8.70. The van der Waals surface area contributed by atoms with E-state index in [1.807, 2.05) is 48.7 Å². The summed E-state index contributed by atoms with van der Waals surface area (Å²) in [6.07, 6.45) is -0.0305. The predicted molar refractivity (Wildman–Crippen MR) is 109 cm³/mol. The Bertz CT molecular complexity index is 896. The van der Waals surface area contributed by atoms with Gasteiger partial charge in [-0.1, -0.05) is 51.1 Å². The summed E-state index contributed by atoms with van der Waals surface area (Å²) in [6, 6.07) is 11.7. The Balaban J connectivity index is 1.56. The number of aromatic nitrogens is 2. The van der Waals surface area contributed by atoms with Gasteiger partial charge in [-0.25, -0.2) is 0 Å². The van der Waals surface area contributed by atoms with E-state index in [4.69, 9.17) is 9.26 Å². The van der Waals surface area contributed by atoms with E-state index in [-0.39, 0.29) is 17.9 Å². The van der Waals surface area contributed by atoms with Crippen molar-refractivity contribution < 1.29 is 14.1 Å². The summed E-state index contributed by atoms with van der Waals surface area (Å²) in [6.45, 7) is 8.56. The number of ether oxygens (including phenoxy) is 1. The van der Waals surface area contributed by atoms with Crippen molar-refractivity contribution in [1.29, 1.82) is 0 Å². The monoisotopic (exact) mass is 399 g/mol. The molecule has 0 aliphatic rings. The van der Waals surface area contributed by atoms with Crippen LogP contribution >= 0.6 is 11.3 Å². The Hall–Kier alpha value is -2.67. The minimum atomic E-state index is -0.583. The van der Waals surface area contributed by atoms with Crippen LogP contribution < -0.4 is 10.1 Å². The van der Waals surface area contributed by atoms with Crippen LogP contribution in [0.25, 0.3) is 10.7 Å². The van der Waals surface area contributed by atoms with E-state index < -0.39 is 6.10 Å². The highest BCUT2D eigenvalue weighted by molar-refractivity contribution is 7.13. The van der Waals surface area contributed by atoms with E-state index in [9.17, 15) is 4.79 Å². The van der Waals surface area contributed by atoms with E-state index in [0.29, 0.717) is 23.9 Å². The SMILES string of the molecule is CC[C@H](Oc1ccc(C(C)(C)C)cc1)C(=O)NCc1nc(-c2cccs2)no1. The molecule has 0 saturated carbocycles. The summed E-state index contributed by atoms with van der Waals surface area (Å²) in [4.78, 5) is 17.7.